The molecule has 98 valence electrons. The second-order valence-corrected chi connectivity index (χ2v) is 4.18. The van der Waals surface area contributed by atoms with Crippen molar-refractivity contribution < 1.29 is 9.59 Å². The van der Waals surface area contributed by atoms with E-state index in [4.69, 9.17) is 5.84 Å². The summed E-state index contributed by atoms with van der Waals surface area (Å²) in [7, 11) is 0. The van der Waals surface area contributed by atoms with Crippen molar-refractivity contribution in [2.45, 2.75) is 25.8 Å². The number of hydrogen-bond acceptors (Lipinski definition) is 5. The van der Waals surface area contributed by atoms with Crippen molar-refractivity contribution in [1.29, 1.82) is 0 Å². The number of likely N-dealkylation sites (tertiary alicyclic amines) is 1. The third-order valence-corrected chi connectivity index (χ3v) is 2.92. The molecular weight excluding hydrogens is 236 g/mol. The molecule has 1 aliphatic rings. The van der Waals surface area contributed by atoms with Crippen LogP contribution >= 0.6 is 0 Å². The first-order valence-corrected chi connectivity index (χ1v) is 5.89. The van der Waals surface area contributed by atoms with Gasteiger partial charge in [-0.05, 0) is 12.8 Å². The van der Waals surface area contributed by atoms with Gasteiger partial charge in [-0.25, -0.2) is 10.5 Å². The van der Waals surface area contributed by atoms with Gasteiger partial charge in [0.1, 0.15) is 0 Å². The fraction of sp³-hybridized carbons (Fsp3) is 0.600. The zero-order valence-electron chi connectivity index (χ0n) is 10.0. The molecule has 0 unspecified atom stereocenters. The lowest BCUT2D eigenvalue weighted by molar-refractivity contribution is -0.133. The van der Waals surface area contributed by atoms with Gasteiger partial charge in [0.05, 0.1) is 12.7 Å². The van der Waals surface area contributed by atoms with Crippen molar-refractivity contribution in [3.8, 4) is 0 Å². The molecular formula is C10H16N6O2. The van der Waals surface area contributed by atoms with Gasteiger partial charge in [0.25, 0.3) is 5.91 Å². The van der Waals surface area contributed by atoms with Crippen LogP contribution in [0.5, 0.6) is 0 Å². The Hall–Kier alpha value is -1.96. The standard InChI is InChI=1S/C10H16N6O2/c11-12-10(18)8-7-16(14-13-8)6-5-15-4-2-1-3-9(15)17/h7H,1-6,11H2,(H,12,18). The van der Waals surface area contributed by atoms with Crippen LogP contribution in [-0.2, 0) is 11.3 Å². The maximum atomic E-state index is 11.6. The van der Waals surface area contributed by atoms with E-state index in [1.807, 2.05) is 10.3 Å². The summed E-state index contributed by atoms with van der Waals surface area (Å²) in [6.45, 7) is 1.91. The number of rotatable bonds is 4. The summed E-state index contributed by atoms with van der Waals surface area (Å²) in [4.78, 5) is 24.6. The van der Waals surface area contributed by atoms with Crippen molar-refractivity contribution in [2.75, 3.05) is 13.1 Å². The van der Waals surface area contributed by atoms with Crippen LogP contribution in [0.2, 0.25) is 0 Å². The van der Waals surface area contributed by atoms with E-state index >= 15 is 0 Å². The molecule has 1 aliphatic heterocycles. The third kappa shape index (κ3) is 2.83. The Morgan fingerprint density at radius 3 is 3.00 bits per heavy atom. The molecule has 1 saturated heterocycles. The topological polar surface area (TPSA) is 106 Å². The summed E-state index contributed by atoms with van der Waals surface area (Å²) in [6.07, 6.45) is 4.15. The number of nitrogen functional groups attached to an aromatic ring is 1. The molecule has 18 heavy (non-hydrogen) atoms. The second kappa shape index (κ2) is 5.58. The quantitative estimate of drug-likeness (QED) is 0.401. The summed E-state index contributed by atoms with van der Waals surface area (Å²) >= 11 is 0. The normalized spacial score (nSPS) is 15.8. The van der Waals surface area contributed by atoms with Crippen LogP contribution in [0.25, 0.3) is 0 Å². The minimum atomic E-state index is -0.477. The molecule has 1 aromatic rings. The van der Waals surface area contributed by atoms with Crippen molar-refractivity contribution in [2.24, 2.45) is 5.84 Å². The van der Waals surface area contributed by atoms with Crippen molar-refractivity contribution in [3.05, 3.63) is 11.9 Å². The molecule has 0 radical (unpaired) electrons. The molecule has 2 rings (SSSR count). The molecule has 8 heteroatoms. The molecule has 1 fully saturated rings. The smallest absolute Gasteiger partial charge is 0.287 e. The highest BCUT2D eigenvalue weighted by atomic mass is 16.2. The van der Waals surface area contributed by atoms with Gasteiger partial charge in [-0.3, -0.25) is 15.0 Å². The Morgan fingerprint density at radius 2 is 2.28 bits per heavy atom. The zero-order valence-corrected chi connectivity index (χ0v) is 10.0. The van der Waals surface area contributed by atoms with Gasteiger partial charge in [-0.1, -0.05) is 5.21 Å². The molecule has 0 spiro atoms. The Balaban J connectivity index is 1.88. The van der Waals surface area contributed by atoms with Gasteiger partial charge in [0.15, 0.2) is 5.69 Å². The predicted molar refractivity (Wildman–Crippen MR) is 62.1 cm³/mol. The van der Waals surface area contributed by atoms with Crippen molar-refractivity contribution in [3.63, 3.8) is 0 Å². The monoisotopic (exact) mass is 252 g/mol. The maximum Gasteiger partial charge on any atom is 0.287 e. The van der Waals surface area contributed by atoms with E-state index in [1.165, 1.54) is 10.9 Å². The number of nitrogens with zero attached hydrogens (tertiary/aromatic N) is 4. The highest BCUT2D eigenvalue weighted by Gasteiger charge is 2.17. The van der Waals surface area contributed by atoms with Gasteiger partial charge in [0.2, 0.25) is 5.91 Å². The van der Waals surface area contributed by atoms with Crippen LogP contribution in [0.1, 0.15) is 29.8 Å². The lowest BCUT2D eigenvalue weighted by atomic mass is 10.1. The molecule has 3 N–H and O–H groups in total. The number of nitrogens with two attached hydrogens (primary N) is 1. The van der Waals surface area contributed by atoms with Gasteiger partial charge in [-0.2, -0.15) is 0 Å². The largest absolute Gasteiger partial charge is 0.341 e. The maximum absolute atomic E-state index is 11.6. The van der Waals surface area contributed by atoms with Crippen molar-refractivity contribution in [1.82, 2.24) is 25.3 Å². The van der Waals surface area contributed by atoms with Crippen LogP contribution in [0, 0.1) is 0 Å². The molecule has 2 heterocycles. The summed E-state index contributed by atoms with van der Waals surface area (Å²) in [5.74, 6) is 4.70. The Kier molecular flexibility index (Phi) is 3.88. The molecule has 0 aliphatic carbocycles. The first-order chi connectivity index (χ1) is 8.70. The Bertz CT molecular complexity index is 443. The van der Waals surface area contributed by atoms with Gasteiger partial charge < -0.3 is 4.90 Å². The SMILES string of the molecule is NNC(=O)c1cn(CCN2CCCCC2=O)nn1. The molecule has 0 atom stereocenters. The first-order valence-electron chi connectivity index (χ1n) is 5.89. The van der Waals surface area contributed by atoms with E-state index in [9.17, 15) is 9.59 Å². The number of carbonyl (C=O) groups excluding carboxylic acids is 2. The van der Waals surface area contributed by atoms with Gasteiger partial charge in [-0.15, -0.1) is 5.10 Å². The van der Waals surface area contributed by atoms with E-state index in [2.05, 4.69) is 10.3 Å². The summed E-state index contributed by atoms with van der Waals surface area (Å²) in [5, 5.41) is 7.49. The van der Waals surface area contributed by atoms with E-state index in [0.29, 0.717) is 19.5 Å². The van der Waals surface area contributed by atoms with E-state index in [0.717, 1.165) is 19.4 Å². The van der Waals surface area contributed by atoms with E-state index in [-0.39, 0.29) is 11.6 Å². The highest BCUT2D eigenvalue weighted by Crippen LogP contribution is 2.10. The third-order valence-electron chi connectivity index (χ3n) is 2.92. The molecule has 8 nitrogen and oxygen atoms in total. The van der Waals surface area contributed by atoms with E-state index in [1.54, 1.807) is 0 Å². The zero-order chi connectivity index (χ0) is 13.0. The van der Waals surface area contributed by atoms with Crippen LogP contribution in [0.15, 0.2) is 6.20 Å². The highest BCUT2D eigenvalue weighted by molar-refractivity contribution is 5.91. The molecule has 2 amide bonds. The fourth-order valence-corrected chi connectivity index (χ4v) is 1.91. The number of piperidine rings is 1. The van der Waals surface area contributed by atoms with Crippen LogP contribution in [0.4, 0.5) is 0 Å². The van der Waals surface area contributed by atoms with Gasteiger partial charge in [0, 0.05) is 19.5 Å². The van der Waals surface area contributed by atoms with Gasteiger partial charge >= 0.3 is 0 Å². The number of hydrazine groups is 1. The molecule has 0 aromatic carbocycles. The minimum absolute atomic E-state index is 0.169. The number of nitrogens with one attached hydrogen (secondary N) is 1. The lowest BCUT2D eigenvalue weighted by Crippen LogP contribution is -2.37. The lowest BCUT2D eigenvalue weighted by Gasteiger charge is -2.26. The van der Waals surface area contributed by atoms with Crippen LogP contribution in [0.3, 0.4) is 0 Å². The fourth-order valence-electron chi connectivity index (χ4n) is 1.91. The van der Waals surface area contributed by atoms with Crippen LogP contribution < -0.4 is 11.3 Å². The Morgan fingerprint density at radius 1 is 1.44 bits per heavy atom. The average molecular weight is 252 g/mol. The van der Waals surface area contributed by atoms with Crippen LogP contribution in [-0.4, -0.2) is 44.8 Å². The average Bonchev–Trinajstić information content (AvgIpc) is 2.86. The summed E-state index contributed by atoms with van der Waals surface area (Å²) in [6, 6.07) is 0. The molecule has 1 aromatic heterocycles. The van der Waals surface area contributed by atoms with E-state index < -0.39 is 5.91 Å². The number of carbonyl (C=O) groups is 2. The molecule has 0 bridgehead atoms. The number of hydrogen-bond donors (Lipinski definition) is 2. The Labute approximate surface area is 104 Å². The number of amides is 2. The predicted octanol–water partition coefficient (Wildman–Crippen LogP) is -1.11. The first kappa shape index (κ1) is 12.5. The van der Waals surface area contributed by atoms with Crippen molar-refractivity contribution >= 4 is 11.8 Å². The minimum Gasteiger partial charge on any atom is -0.341 e. The number of aromatic nitrogens is 3. The summed E-state index contributed by atoms with van der Waals surface area (Å²) < 4.78 is 1.53. The summed E-state index contributed by atoms with van der Waals surface area (Å²) in [5.41, 5.74) is 2.16. The molecule has 0 saturated carbocycles. The second-order valence-electron chi connectivity index (χ2n) is 4.18.